The zero-order valence-electron chi connectivity index (χ0n) is 18.4. The molecule has 0 aliphatic rings. The third-order valence-corrected chi connectivity index (χ3v) is 6.62. The molecular weight excluding hydrogens is 472 g/mol. The van der Waals surface area contributed by atoms with Gasteiger partial charge in [-0.05, 0) is 49.4 Å². The van der Waals surface area contributed by atoms with Gasteiger partial charge in [-0.1, -0.05) is 41.6 Å². The Morgan fingerprint density at radius 2 is 1.82 bits per heavy atom. The lowest BCUT2D eigenvalue weighted by Gasteiger charge is -2.16. The van der Waals surface area contributed by atoms with Crippen LogP contribution in [0, 0.1) is 6.92 Å². The van der Waals surface area contributed by atoms with Crippen LogP contribution in [0.5, 0.6) is 5.75 Å². The average Bonchev–Trinajstić information content (AvgIpc) is 2.82. The van der Waals surface area contributed by atoms with Crippen molar-refractivity contribution in [2.45, 2.75) is 17.8 Å². The van der Waals surface area contributed by atoms with E-state index in [-0.39, 0.29) is 11.1 Å². The van der Waals surface area contributed by atoms with E-state index in [9.17, 15) is 9.59 Å². The van der Waals surface area contributed by atoms with Crippen molar-refractivity contribution < 1.29 is 4.74 Å². The lowest BCUT2D eigenvalue weighted by Crippen LogP contribution is -2.22. The summed E-state index contributed by atoms with van der Waals surface area (Å²) in [4.78, 5) is 35.6. The predicted octanol–water partition coefficient (Wildman–Crippen LogP) is 4.66. The van der Waals surface area contributed by atoms with Crippen LogP contribution in [-0.2, 0) is 5.75 Å². The molecule has 2 aromatic carbocycles. The number of aryl methyl sites for hydroxylation is 1. The number of fused-ring (bicyclic) bond motifs is 2. The van der Waals surface area contributed by atoms with Crippen LogP contribution in [0.25, 0.3) is 22.2 Å². The molecule has 3 aromatic heterocycles. The number of benzene rings is 2. The third kappa shape index (κ3) is 3.95. The highest BCUT2D eigenvalue weighted by Gasteiger charge is 2.17. The summed E-state index contributed by atoms with van der Waals surface area (Å²) >= 11 is 7.48. The van der Waals surface area contributed by atoms with Gasteiger partial charge >= 0.3 is 0 Å². The molecule has 7 nitrogen and oxygen atoms in total. The van der Waals surface area contributed by atoms with Crippen molar-refractivity contribution in [3.05, 3.63) is 104 Å². The Hall–Kier alpha value is -3.62. The van der Waals surface area contributed by atoms with E-state index >= 15 is 0 Å². The van der Waals surface area contributed by atoms with E-state index < -0.39 is 0 Å². The summed E-state index contributed by atoms with van der Waals surface area (Å²) in [6, 6.07) is 19.3. The first-order valence-electron chi connectivity index (χ1n) is 10.4. The minimum atomic E-state index is -0.240. The quantitative estimate of drug-likeness (QED) is 0.263. The predicted molar refractivity (Wildman–Crippen MR) is 135 cm³/mol. The molecule has 0 fully saturated rings. The molecule has 0 radical (unpaired) electrons. The van der Waals surface area contributed by atoms with Gasteiger partial charge in [-0.25, -0.2) is 9.97 Å². The highest BCUT2D eigenvalue weighted by Crippen LogP contribution is 2.29. The normalized spacial score (nSPS) is 11.3. The number of pyridine rings is 1. The van der Waals surface area contributed by atoms with Gasteiger partial charge in [0.25, 0.3) is 11.1 Å². The van der Waals surface area contributed by atoms with Gasteiger partial charge in [-0.15, -0.1) is 0 Å². The van der Waals surface area contributed by atoms with Gasteiger partial charge in [0.2, 0.25) is 0 Å². The molecule has 3 heterocycles. The van der Waals surface area contributed by atoms with Crippen LogP contribution in [0.4, 0.5) is 0 Å². The fourth-order valence-electron chi connectivity index (χ4n) is 3.84. The van der Waals surface area contributed by atoms with E-state index in [1.165, 1.54) is 22.4 Å². The van der Waals surface area contributed by atoms with Crippen molar-refractivity contribution in [3.63, 3.8) is 0 Å². The topological polar surface area (TPSA) is 78.5 Å². The zero-order valence-corrected chi connectivity index (χ0v) is 19.9. The molecule has 34 heavy (non-hydrogen) atoms. The Kier molecular flexibility index (Phi) is 5.85. The zero-order chi connectivity index (χ0) is 23.8. The molecular formula is C25H19ClN4O3S. The molecule has 0 saturated carbocycles. The number of ether oxygens (including phenoxy) is 1. The number of rotatable bonds is 5. The van der Waals surface area contributed by atoms with E-state index in [1.807, 2.05) is 31.2 Å². The SMILES string of the molecule is COc1ccccc1-n1c(SCc2cc(=O)n3c(C)cccc3n2)nc2cc(Cl)ccc2c1=O. The minimum absolute atomic E-state index is 0.154. The van der Waals surface area contributed by atoms with Gasteiger partial charge in [0.1, 0.15) is 11.4 Å². The molecule has 0 atom stereocenters. The number of thioether (sulfide) groups is 1. The van der Waals surface area contributed by atoms with Crippen LogP contribution in [0.3, 0.4) is 0 Å². The summed E-state index contributed by atoms with van der Waals surface area (Å²) < 4.78 is 8.59. The Bertz CT molecular complexity index is 1680. The van der Waals surface area contributed by atoms with Crippen molar-refractivity contribution in [1.29, 1.82) is 0 Å². The van der Waals surface area contributed by atoms with Crippen molar-refractivity contribution in [2.75, 3.05) is 7.11 Å². The van der Waals surface area contributed by atoms with E-state index in [2.05, 4.69) is 4.98 Å². The van der Waals surface area contributed by atoms with Gasteiger partial charge in [0.05, 0.1) is 29.4 Å². The number of methoxy groups -OCH3 is 1. The molecule has 0 aliphatic heterocycles. The van der Waals surface area contributed by atoms with Crippen LogP contribution < -0.4 is 15.9 Å². The average molecular weight is 491 g/mol. The number of para-hydroxylation sites is 2. The maximum atomic E-state index is 13.5. The summed E-state index contributed by atoms with van der Waals surface area (Å²) in [5.41, 5.74) is 2.65. The number of aromatic nitrogens is 4. The lowest BCUT2D eigenvalue weighted by atomic mass is 10.2. The molecule has 0 N–H and O–H groups in total. The molecule has 0 saturated heterocycles. The maximum absolute atomic E-state index is 13.5. The summed E-state index contributed by atoms with van der Waals surface area (Å²) in [6.07, 6.45) is 0. The highest BCUT2D eigenvalue weighted by atomic mass is 35.5. The molecule has 0 amide bonds. The van der Waals surface area contributed by atoms with Gasteiger partial charge in [-0.3, -0.25) is 18.6 Å². The number of halogens is 1. The Morgan fingerprint density at radius 3 is 2.65 bits per heavy atom. The number of hydrogen-bond donors (Lipinski definition) is 0. The Balaban J connectivity index is 1.65. The molecule has 5 aromatic rings. The van der Waals surface area contributed by atoms with Gasteiger partial charge in [0, 0.05) is 22.5 Å². The smallest absolute Gasteiger partial charge is 0.266 e. The van der Waals surface area contributed by atoms with Crippen molar-refractivity contribution >= 4 is 39.9 Å². The van der Waals surface area contributed by atoms with E-state index in [0.29, 0.717) is 49.6 Å². The molecule has 0 unspecified atom stereocenters. The molecule has 0 spiro atoms. The fraction of sp³-hybridized carbons (Fsp3) is 0.120. The van der Waals surface area contributed by atoms with Gasteiger partial charge in [-0.2, -0.15) is 0 Å². The van der Waals surface area contributed by atoms with Crippen LogP contribution in [0.2, 0.25) is 5.02 Å². The monoisotopic (exact) mass is 490 g/mol. The van der Waals surface area contributed by atoms with Crippen LogP contribution in [-0.4, -0.2) is 26.0 Å². The van der Waals surface area contributed by atoms with Crippen molar-refractivity contribution in [2.24, 2.45) is 0 Å². The molecule has 9 heteroatoms. The first-order chi connectivity index (χ1) is 16.5. The van der Waals surface area contributed by atoms with Crippen LogP contribution in [0.15, 0.2) is 81.5 Å². The van der Waals surface area contributed by atoms with E-state index in [0.717, 1.165) is 5.69 Å². The minimum Gasteiger partial charge on any atom is -0.495 e. The molecule has 0 aliphatic carbocycles. The highest BCUT2D eigenvalue weighted by molar-refractivity contribution is 7.98. The second-order valence-electron chi connectivity index (χ2n) is 7.60. The van der Waals surface area contributed by atoms with Crippen LogP contribution in [0.1, 0.15) is 11.4 Å². The van der Waals surface area contributed by atoms with Crippen molar-refractivity contribution in [1.82, 2.24) is 18.9 Å². The largest absolute Gasteiger partial charge is 0.495 e. The maximum Gasteiger partial charge on any atom is 0.266 e. The van der Waals surface area contributed by atoms with Crippen LogP contribution >= 0.6 is 23.4 Å². The lowest BCUT2D eigenvalue weighted by molar-refractivity contribution is 0.411. The van der Waals surface area contributed by atoms with Crippen molar-refractivity contribution in [3.8, 4) is 11.4 Å². The molecule has 170 valence electrons. The molecule has 5 rings (SSSR count). The summed E-state index contributed by atoms with van der Waals surface area (Å²) in [6.45, 7) is 1.86. The standard InChI is InChI=1S/C25H19ClN4O3S/c1-15-6-5-9-22-27-17(13-23(31)29(15)22)14-34-25-28-19-12-16(26)10-11-18(19)24(32)30(25)20-7-3-4-8-21(20)33-2/h3-13H,14H2,1-2H3. The van der Waals surface area contributed by atoms with Gasteiger partial charge < -0.3 is 4.74 Å². The first-order valence-corrected chi connectivity index (χ1v) is 11.8. The Morgan fingerprint density at radius 1 is 1.00 bits per heavy atom. The number of hydrogen-bond acceptors (Lipinski definition) is 6. The summed E-state index contributed by atoms with van der Waals surface area (Å²) in [5, 5.41) is 1.37. The first kappa shape index (κ1) is 22.2. The Labute approximate surface area is 203 Å². The summed E-state index contributed by atoms with van der Waals surface area (Å²) in [5.74, 6) is 0.881. The summed E-state index contributed by atoms with van der Waals surface area (Å²) in [7, 11) is 1.55. The van der Waals surface area contributed by atoms with E-state index in [4.69, 9.17) is 21.3 Å². The number of nitrogens with zero attached hydrogens (tertiary/aromatic N) is 4. The molecule has 0 bridgehead atoms. The van der Waals surface area contributed by atoms with Gasteiger partial charge in [0.15, 0.2) is 5.16 Å². The third-order valence-electron chi connectivity index (χ3n) is 5.41. The fourth-order valence-corrected chi connectivity index (χ4v) is 4.90. The second-order valence-corrected chi connectivity index (χ2v) is 8.98. The second kappa shape index (κ2) is 8.96. The van der Waals surface area contributed by atoms with E-state index in [1.54, 1.807) is 47.9 Å².